The molecular weight excluding hydrogens is 310 g/mol. The minimum absolute atomic E-state index is 0.169. The highest BCUT2D eigenvalue weighted by atomic mass is 35.5. The average Bonchev–Trinajstić information content (AvgIpc) is 2.48. The zero-order chi connectivity index (χ0) is 15.1. The van der Waals surface area contributed by atoms with Crippen LogP contribution in [-0.2, 0) is 16.6 Å². The molecule has 0 unspecified atom stereocenters. The van der Waals surface area contributed by atoms with Gasteiger partial charge in [0.05, 0.1) is 4.90 Å². The molecule has 1 aromatic carbocycles. The van der Waals surface area contributed by atoms with Crippen LogP contribution >= 0.6 is 11.6 Å². The van der Waals surface area contributed by atoms with E-state index < -0.39 is 10.0 Å². The average molecular weight is 326 g/mol. The maximum atomic E-state index is 12.0. The molecule has 0 aliphatic carbocycles. The zero-order valence-corrected chi connectivity index (χ0v) is 12.9. The lowest BCUT2D eigenvalue weighted by Crippen LogP contribution is -2.31. The summed E-state index contributed by atoms with van der Waals surface area (Å²) < 4.78 is 26.5. The van der Waals surface area contributed by atoms with Gasteiger partial charge in [0, 0.05) is 37.1 Å². The highest BCUT2D eigenvalue weighted by molar-refractivity contribution is 7.89. The van der Waals surface area contributed by atoms with Crippen molar-refractivity contribution in [2.24, 2.45) is 0 Å². The van der Waals surface area contributed by atoms with E-state index in [9.17, 15) is 8.42 Å². The number of nitrogens with one attached hydrogen (secondary N) is 2. The predicted molar refractivity (Wildman–Crippen MR) is 82.6 cm³/mol. The van der Waals surface area contributed by atoms with Crippen LogP contribution in [-0.4, -0.2) is 26.5 Å². The van der Waals surface area contributed by atoms with Gasteiger partial charge in [-0.15, -0.1) is 0 Å². The van der Waals surface area contributed by atoms with E-state index >= 15 is 0 Å². The molecule has 0 atom stereocenters. The minimum atomic E-state index is -3.51. The molecule has 21 heavy (non-hydrogen) atoms. The summed E-state index contributed by atoms with van der Waals surface area (Å²) >= 11 is 5.79. The molecule has 1 aromatic heterocycles. The number of sulfonamides is 1. The maximum absolute atomic E-state index is 12.0. The van der Waals surface area contributed by atoms with E-state index in [1.165, 1.54) is 12.1 Å². The molecule has 2 N–H and O–H groups in total. The number of nitrogens with zero attached hydrogens (tertiary/aromatic N) is 1. The number of benzene rings is 1. The fourth-order valence-electron chi connectivity index (χ4n) is 1.73. The van der Waals surface area contributed by atoms with E-state index in [0.29, 0.717) is 24.7 Å². The Morgan fingerprint density at radius 3 is 2.71 bits per heavy atom. The molecule has 0 saturated carbocycles. The normalized spacial score (nSPS) is 11.5. The summed E-state index contributed by atoms with van der Waals surface area (Å²) in [7, 11) is -3.51. The summed E-state index contributed by atoms with van der Waals surface area (Å²) in [5.74, 6) is 0. The second kappa shape index (κ2) is 7.51. The van der Waals surface area contributed by atoms with Gasteiger partial charge in [0.1, 0.15) is 0 Å². The molecule has 0 saturated heterocycles. The fourth-order valence-corrected chi connectivity index (χ4v) is 3.06. The first-order valence-corrected chi connectivity index (χ1v) is 8.29. The van der Waals surface area contributed by atoms with E-state index in [0.717, 1.165) is 5.56 Å². The minimum Gasteiger partial charge on any atom is -0.311 e. The Morgan fingerprint density at radius 2 is 2.00 bits per heavy atom. The van der Waals surface area contributed by atoms with Crippen molar-refractivity contribution in [3.63, 3.8) is 0 Å². The van der Waals surface area contributed by atoms with E-state index in [-0.39, 0.29) is 4.90 Å². The Kier molecular flexibility index (Phi) is 5.69. The lowest BCUT2D eigenvalue weighted by atomic mass is 10.3. The van der Waals surface area contributed by atoms with Gasteiger partial charge in [0.2, 0.25) is 10.0 Å². The Hall–Kier alpha value is -1.47. The lowest BCUT2D eigenvalue weighted by Gasteiger charge is -2.08. The molecule has 0 spiro atoms. The smallest absolute Gasteiger partial charge is 0.240 e. The van der Waals surface area contributed by atoms with Crippen LogP contribution in [0.15, 0.2) is 53.7 Å². The van der Waals surface area contributed by atoms with Crippen molar-refractivity contribution in [1.29, 1.82) is 0 Å². The van der Waals surface area contributed by atoms with Crippen LogP contribution in [0.1, 0.15) is 5.56 Å². The molecule has 0 amide bonds. The summed E-state index contributed by atoms with van der Waals surface area (Å²) in [6.45, 7) is 1.47. The predicted octanol–water partition coefficient (Wildman–Crippen LogP) is 1.80. The number of hydrogen-bond acceptors (Lipinski definition) is 4. The number of halogens is 1. The maximum Gasteiger partial charge on any atom is 0.240 e. The molecule has 5 nitrogen and oxygen atoms in total. The van der Waals surface area contributed by atoms with Crippen LogP contribution in [0.25, 0.3) is 0 Å². The number of pyridine rings is 1. The van der Waals surface area contributed by atoms with E-state index in [1.807, 2.05) is 12.1 Å². The van der Waals surface area contributed by atoms with Crippen LogP contribution in [0, 0.1) is 0 Å². The summed E-state index contributed by atoms with van der Waals surface area (Å²) in [5, 5.41) is 3.54. The first-order chi connectivity index (χ1) is 10.1. The molecule has 0 radical (unpaired) electrons. The van der Waals surface area contributed by atoms with Crippen LogP contribution in [0.3, 0.4) is 0 Å². The first-order valence-electron chi connectivity index (χ1n) is 6.43. The molecule has 7 heteroatoms. The molecule has 0 aliphatic heterocycles. The van der Waals surface area contributed by atoms with Gasteiger partial charge >= 0.3 is 0 Å². The number of hydrogen-bond donors (Lipinski definition) is 2. The van der Waals surface area contributed by atoms with Crippen molar-refractivity contribution in [1.82, 2.24) is 15.0 Å². The Labute approximate surface area is 129 Å². The topological polar surface area (TPSA) is 71.1 Å². The van der Waals surface area contributed by atoms with E-state index in [2.05, 4.69) is 15.0 Å². The summed E-state index contributed by atoms with van der Waals surface area (Å²) in [5.41, 5.74) is 1.05. The molecule has 0 aliphatic rings. The van der Waals surface area contributed by atoms with Gasteiger partial charge in [0.25, 0.3) is 0 Å². The van der Waals surface area contributed by atoms with Gasteiger partial charge in [-0.3, -0.25) is 4.98 Å². The van der Waals surface area contributed by atoms with Crippen molar-refractivity contribution in [2.75, 3.05) is 13.1 Å². The van der Waals surface area contributed by atoms with Crippen LogP contribution in [0.5, 0.6) is 0 Å². The van der Waals surface area contributed by atoms with E-state index in [4.69, 9.17) is 11.6 Å². The first kappa shape index (κ1) is 15.9. The molecule has 1 heterocycles. The van der Waals surface area contributed by atoms with Crippen molar-refractivity contribution >= 4 is 21.6 Å². The van der Waals surface area contributed by atoms with Gasteiger partial charge in [-0.1, -0.05) is 23.7 Å². The largest absolute Gasteiger partial charge is 0.311 e. The van der Waals surface area contributed by atoms with Crippen molar-refractivity contribution < 1.29 is 8.42 Å². The van der Waals surface area contributed by atoms with Gasteiger partial charge in [0.15, 0.2) is 0 Å². The van der Waals surface area contributed by atoms with Crippen LogP contribution < -0.4 is 10.0 Å². The van der Waals surface area contributed by atoms with Gasteiger partial charge in [-0.25, -0.2) is 13.1 Å². The monoisotopic (exact) mass is 325 g/mol. The molecule has 2 rings (SSSR count). The third-order valence-corrected chi connectivity index (χ3v) is 4.45. The van der Waals surface area contributed by atoms with Gasteiger partial charge < -0.3 is 5.32 Å². The Bertz CT molecular complexity index is 678. The number of rotatable bonds is 7. The lowest BCUT2D eigenvalue weighted by molar-refractivity contribution is 0.576. The highest BCUT2D eigenvalue weighted by Crippen LogP contribution is 2.14. The standard InChI is InChI=1S/C14H16ClN3O2S/c15-13-4-1-5-14(9-13)21(19,20)18-8-7-17-11-12-3-2-6-16-10-12/h1-6,9-10,17-18H,7-8,11H2. The summed E-state index contributed by atoms with van der Waals surface area (Å²) in [4.78, 5) is 4.18. The third kappa shape index (κ3) is 5.09. The number of aromatic nitrogens is 1. The quantitative estimate of drug-likeness (QED) is 0.762. The Balaban J connectivity index is 1.78. The summed E-state index contributed by atoms with van der Waals surface area (Å²) in [6, 6.07) is 9.99. The fraction of sp³-hybridized carbons (Fsp3) is 0.214. The molecule has 112 valence electrons. The molecule has 0 bridgehead atoms. The van der Waals surface area contributed by atoms with Crippen LogP contribution in [0.2, 0.25) is 5.02 Å². The van der Waals surface area contributed by atoms with Crippen molar-refractivity contribution in [2.45, 2.75) is 11.4 Å². The van der Waals surface area contributed by atoms with Gasteiger partial charge in [-0.2, -0.15) is 0 Å². The molecule has 0 fully saturated rings. The zero-order valence-electron chi connectivity index (χ0n) is 11.3. The van der Waals surface area contributed by atoms with Crippen molar-refractivity contribution in [3.05, 3.63) is 59.4 Å². The molecule has 2 aromatic rings. The Morgan fingerprint density at radius 1 is 1.14 bits per heavy atom. The van der Waals surface area contributed by atoms with Crippen molar-refractivity contribution in [3.8, 4) is 0 Å². The highest BCUT2D eigenvalue weighted by Gasteiger charge is 2.12. The second-order valence-corrected chi connectivity index (χ2v) is 6.60. The van der Waals surface area contributed by atoms with Crippen LogP contribution in [0.4, 0.5) is 0 Å². The van der Waals surface area contributed by atoms with E-state index in [1.54, 1.807) is 24.5 Å². The van der Waals surface area contributed by atoms with Gasteiger partial charge in [-0.05, 0) is 29.8 Å². The third-order valence-electron chi connectivity index (χ3n) is 2.75. The second-order valence-electron chi connectivity index (χ2n) is 4.39. The molecular formula is C14H16ClN3O2S. The summed E-state index contributed by atoms with van der Waals surface area (Å²) in [6.07, 6.45) is 3.48. The SMILES string of the molecule is O=S(=O)(NCCNCc1cccnc1)c1cccc(Cl)c1.